The first-order valence-corrected chi connectivity index (χ1v) is 7.60. The molecule has 0 saturated carbocycles. The fourth-order valence-corrected chi connectivity index (χ4v) is 2.91. The smallest absolute Gasteiger partial charge is 0.168 e. The van der Waals surface area contributed by atoms with E-state index in [4.69, 9.17) is 4.74 Å². The highest BCUT2D eigenvalue weighted by Crippen LogP contribution is 2.29. The summed E-state index contributed by atoms with van der Waals surface area (Å²) in [6, 6.07) is 11.5. The molecule has 2 aromatic carbocycles. The number of ether oxygens (including phenoxy) is 1. The quantitative estimate of drug-likeness (QED) is 0.861. The molecular weight excluding hydrogens is 333 g/mol. The van der Waals surface area contributed by atoms with Crippen LogP contribution in [0.1, 0.15) is 22.7 Å². The molecule has 0 aromatic heterocycles. The van der Waals surface area contributed by atoms with Crippen LogP contribution in [0.5, 0.6) is 5.75 Å². The molecular formula is C17H19BrFNO. The van der Waals surface area contributed by atoms with E-state index in [0.29, 0.717) is 12.0 Å². The Labute approximate surface area is 133 Å². The maximum absolute atomic E-state index is 14.3. The van der Waals surface area contributed by atoms with Crippen LogP contribution in [0.15, 0.2) is 40.9 Å². The van der Waals surface area contributed by atoms with Crippen molar-refractivity contribution >= 4 is 15.9 Å². The van der Waals surface area contributed by atoms with E-state index in [1.165, 1.54) is 12.7 Å². The molecule has 4 heteroatoms. The maximum Gasteiger partial charge on any atom is 0.168 e. The lowest BCUT2D eigenvalue weighted by molar-refractivity contribution is 0.383. The second-order valence-electron chi connectivity index (χ2n) is 5.00. The van der Waals surface area contributed by atoms with Gasteiger partial charge < -0.3 is 10.1 Å². The van der Waals surface area contributed by atoms with Crippen molar-refractivity contribution in [3.05, 3.63) is 63.4 Å². The summed E-state index contributed by atoms with van der Waals surface area (Å²) in [5.41, 5.74) is 2.95. The van der Waals surface area contributed by atoms with Crippen LogP contribution in [0.3, 0.4) is 0 Å². The highest BCUT2D eigenvalue weighted by atomic mass is 79.9. The van der Waals surface area contributed by atoms with E-state index < -0.39 is 0 Å². The highest BCUT2D eigenvalue weighted by Gasteiger charge is 2.17. The van der Waals surface area contributed by atoms with Crippen LogP contribution in [0.4, 0.5) is 4.39 Å². The van der Waals surface area contributed by atoms with Gasteiger partial charge in [-0.2, -0.15) is 0 Å². The summed E-state index contributed by atoms with van der Waals surface area (Å²) in [7, 11) is 3.37. The summed E-state index contributed by atoms with van der Waals surface area (Å²) in [5, 5.41) is 3.26. The Kier molecular flexibility index (Phi) is 5.37. The van der Waals surface area contributed by atoms with Gasteiger partial charge in [-0.15, -0.1) is 0 Å². The van der Waals surface area contributed by atoms with Gasteiger partial charge in [0.1, 0.15) is 0 Å². The first-order chi connectivity index (χ1) is 10.1. The van der Waals surface area contributed by atoms with Crippen molar-refractivity contribution in [1.82, 2.24) is 5.32 Å². The summed E-state index contributed by atoms with van der Waals surface area (Å²) in [6.45, 7) is 2.05. The number of methoxy groups -OCH3 is 1. The number of hydrogen-bond donors (Lipinski definition) is 1. The number of benzene rings is 2. The van der Waals surface area contributed by atoms with Crippen molar-refractivity contribution in [2.45, 2.75) is 19.4 Å². The van der Waals surface area contributed by atoms with E-state index in [1.807, 2.05) is 25.2 Å². The Balaban J connectivity index is 2.33. The topological polar surface area (TPSA) is 21.3 Å². The molecule has 0 fully saturated rings. The zero-order chi connectivity index (χ0) is 15.4. The third-order valence-electron chi connectivity index (χ3n) is 3.56. The molecule has 21 heavy (non-hydrogen) atoms. The lowest BCUT2D eigenvalue weighted by atomic mass is 9.97. The minimum Gasteiger partial charge on any atom is -0.494 e. The number of aryl methyl sites for hydroxylation is 1. The monoisotopic (exact) mass is 351 g/mol. The zero-order valence-corrected chi connectivity index (χ0v) is 14.0. The van der Waals surface area contributed by atoms with Gasteiger partial charge in [-0.3, -0.25) is 0 Å². The van der Waals surface area contributed by atoms with E-state index in [9.17, 15) is 4.39 Å². The maximum atomic E-state index is 14.3. The number of halogens is 2. The van der Waals surface area contributed by atoms with Crippen LogP contribution in [-0.2, 0) is 6.42 Å². The standard InChI is InChI=1S/C17H19BrFNO/c1-11-7-8-14(18)13(9-11)15(20-2)10-12-5-4-6-16(21-3)17(12)19/h4-9,15,20H,10H2,1-3H3. The average molecular weight is 352 g/mol. The summed E-state index contributed by atoms with van der Waals surface area (Å²) in [6.07, 6.45) is 0.557. The van der Waals surface area contributed by atoms with E-state index in [-0.39, 0.29) is 17.6 Å². The van der Waals surface area contributed by atoms with Gasteiger partial charge >= 0.3 is 0 Å². The third-order valence-corrected chi connectivity index (χ3v) is 4.28. The molecule has 0 saturated heterocycles. The van der Waals surface area contributed by atoms with Crippen molar-refractivity contribution in [2.75, 3.05) is 14.2 Å². The summed E-state index contributed by atoms with van der Waals surface area (Å²) < 4.78 is 20.4. The SMILES string of the molecule is CNC(Cc1cccc(OC)c1F)c1cc(C)ccc1Br. The van der Waals surface area contributed by atoms with E-state index in [2.05, 4.69) is 34.2 Å². The molecule has 0 heterocycles. The molecule has 1 N–H and O–H groups in total. The van der Waals surface area contributed by atoms with Crippen LogP contribution in [-0.4, -0.2) is 14.2 Å². The lowest BCUT2D eigenvalue weighted by Gasteiger charge is -2.19. The van der Waals surface area contributed by atoms with E-state index in [0.717, 1.165) is 10.0 Å². The molecule has 1 unspecified atom stereocenters. The first-order valence-electron chi connectivity index (χ1n) is 6.81. The Morgan fingerprint density at radius 1 is 1.29 bits per heavy atom. The van der Waals surface area contributed by atoms with Gasteiger partial charge in [0, 0.05) is 10.5 Å². The van der Waals surface area contributed by atoms with Crippen molar-refractivity contribution < 1.29 is 9.13 Å². The third kappa shape index (κ3) is 3.63. The Morgan fingerprint density at radius 3 is 2.71 bits per heavy atom. The van der Waals surface area contributed by atoms with Gasteiger partial charge in [0.25, 0.3) is 0 Å². The molecule has 0 spiro atoms. The van der Waals surface area contributed by atoms with Crippen molar-refractivity contribution in [3.8, 4) is 5.75 Å². The Morgan fingerprint density at radius 2 is 2.05 bits per heavy atom. The van der Waals surface area contributed by atoms with Crippen molar-refractivity contribution in [3.63, 3.8) is 0 Å². The van der Waals surface area contributed by atoms with Gasteiger partial charge in [-0.05, 0) is 43.7 Å². The van der Waals surface area contributed by atoms with Gasteiger partial charge in [-0.25, -0.2) is 4.39 Å². The van der Waals surface area contributed by atoms with Crippen molar-refractivity contribution in [1.29, 1.82) is 0 Å². The highest BCUT2D eigenvalue weighted by molar-refractivity contribution is 9.10. The number of likely N-dealkylation sites (N-methyl/N-ethyl adjacent to an activating group) is 1. The number of rotatable bonds is 5. The number of hydrogen-bond acceptors (Lipinski definition) is 2. The van der Waals surface area contributed by atoms with Crippen LogP contribution < -0.4 is 10.1 Å². The first kappa shape index (κ1) is 16.0. The molecule has 1 atom stereocenters. The van der Waals surface area contributed by atoms with E-state index in [1.54, 1.807) is 12.1 Å². The van der Waals surface area contributed by atoms with Gasteiger partial charge in [0.2, 0.25) is 0 Å². The predicted molar refractivity (Wildman–Crippen MR) is 87.3 cm³/mol. The molecule has 0 radical (unpaired) electrons. The fraction of sp³-hybridized carbons (Fsp3) is 0.294. The van der Waals surface area contributed by atoms with Crippen LogP contribution in [0.2, 0.25) is 0 Å². The molecule has 2 aromatic rings. The normalized spacial score (nSPS) is 12.2. The zero-order valence-electron chi connectivity index (χ0n) is 12.4. The van der Waals surface area contributed by atoms with Gasteiger partial charge in [0.05, 0.1) is 7.11 Å². The lowest BCUT2D eigenvalue weighted by Crippen LogP contribution is -2.20. The molecule has 0 aliphatic rings. The average Bonchev–Trinajstić information content (AvgIpc) is 2.49. The largest absolute Gasteiger partial charge is 0.494 e. The van der Waals surface area contributed by atoms with Crippen LogP contribution >= 0.6 is 15.9 Å². The molecule has 112 valence electrons. The number of nitrogens with one attached hydrogen (secondary N) is 1. The van der Waals surface area contributed by atoms with Gasteiger partial charge in [0.15, 0.2) is 11.6 Å². The van der Waals surface area contributed by atoms with Crippen molar-refractivity contribution in [2.24, 2.45) is 0 Å². The summed E-state index contributed by atoms with van der Waals surface area (Å²) in [4.78, 5) is 0. The Bertz CT molecular complexity index is 630. The van der Waals surface area contributed by atoms with Crippen LogP contribution in [0, 0.1) is 12.7 Å². The molecule has 0 amide bonds. The second-order valence-corrected chi connectivity index (χ2v) is 5.86. The van der Waals surface area contributed by atoms with E-state index >= 15 is 0 Å². The minimum atomic E-state index is -0.288. The summed E-state index contributed by atoms with van der Waals surface area (Å²) in [5.74, 6) is -0.00492. The Hall–Kier alpha value is -1.39. The molecule has 2 rings (SSSR count). The molecule has 0 aliphatic carbocycles. The predicted octanol–water partition coefficient (Wildman–Crippen LogP) is 4.41. The summed E-state index contributed by atoms with van der Waals surface area (Å²) >= 11 is 3.57. The van der Waals surface area contributed by atoms with Gasteiger partial charge in [-0.1, -0.05) is 45.8 Å². The molecule has 0 aliphatic heterocycles. The molecule has 2 nitrogen and oxygen atoms in total. The molecule has 0 bridgehead atoms. The van der Waals surface area contributed by atoms with Crippen LogP contribution in [0.25, 0.3) is 0 Å². The fourth-order valence-electron chi connectivity index (χ4n) is 2.39. The minimum absolute atomic E-state index is 0.0286. The second kappa shape index (κ2) is 7.05.